The predicted molar refractivity (Wildman–Crippen MR) is 137 cm³/mol. The second kappa shape index (κ2) is 9.64. The number of ketones is 1. The van der Waals surface area contributed by atoms with E-state index in [0.717, 1.165) is 23.3 Å². The molecular formula is C29H31N3O4. The first-order valence-corrected chi connectivity index (χ1v) is 12.5. The lowest BCUT2D eigenvalue weighted by atomic mass is 9.92. The monoisotopic (exact) mass is 485 g/mol. The van der Waals surface area contributed by atoms with Gasteiger partial charge in [-0.1, -0.05) is 38.1 Å². The Kier molecular flexibility index (Phi) is 6.39. The molecule has 186 valence electrons. The maximum Gasteiger partial charge on any atom is 0.295 e. The summed E-state index contributed by atoms with van der Waals surface area (Å²) in [4.78, 5) is 32.2. The molecule has 0 bridgehead atoms. The Morgan fingerprint density at radius 3 is 2.61 bits per heavy atom. The summed E-state index contributed by atoms with van der Waals surface area (Å²) in [6, 6.07) is 12.7. The van der Waals surface area contributed by atoms with Crippen molar-refractivity contribution in [1.29, 1.82) is 0 Å². The number of fused-ring (bicyclic) bond motifs is 1. The van der Waals surface area contributed by atoms with Crippen molar-refractivity contribution in [3.63, 3.8) is 0 Å². The number of likely N-dealkylation sites (tertiary alicyclic amines) is 1. The van der Waals surface area contributed by atoms with Crippen molar-refractivity contribution in [2.45, 2.75) is 58.2 Å². The van der Waals surface area contributed by atoms with Crippen LogP contribution in [0.1, 0.15) is 61.4 Å². The summed E-state index contributed by atoms with van der Waals surface area (Å²) in [6.07, 6.45) is 6.77. The first-order valence-electron chi connectivity index (χ1n) is 12.5. The molecule has 5 rings (SSSR count). The Labute approximate surface area is 211 Å². The number of aryl methyl sites for hydroxylation is 1. The number of Topliss-reactive ketones (excluding diaryl/α,β-unsaturated/α-hetero) is 1. The van der Waals surface area contributed by atoms with Crippen LogP contribution in [-0.4, -0.2) is 43.9 Å². The molecule has 0 aliphatic carbocycles. The molecule has 0 saturated carbocycles. The molecular weight excluding hydrogens is 454 g/mol. The molecule has 0 radical (unpaired) electrons. The molecule has 1 aromatic heterocycles. The normalized spacial score (nSPS) is 20.7. The lowest BCUT2D eigenvalue weighted by Crippen LogP contribution is -2.31. The second-order valence-corrected chi connectivity index (χ2v) is 9.92. The number of ether oxygens (including phenoxy) is 1. The average Bonchev–Trinajstić information content (AvgIpc) is 3.57. The number of aromatic nitrogens is 2. The average molecular weight is 486 g/mol. The minimum Gasteiger partial charge on any atom is -0.507 e. The highest BCUT2D eigenvalue weighted by Gasteiger charge is 2.45. The van der Waals surface area contributed by atoms with E-state index in [1.165, 1.54) is 5.56 Å². The van der Waals surface area contributed by atoms with Crippen molar-refractivity contribution in [2.75, 3.05) is 6.54 Å². The van der Waals surface area contributed by atoms with E-state index in [2.05, 4.69) is 18.8 Å². The van der Waals surface area contributed by atoms with Gasteiger partial charge in [-0.15, -0.1) is 0 Å². The van der Waals surface area contributed by atoms with Gasteiger partial charge in [0.05, 0.1) is 17.9 Å². The number of hydrogen-bond acceptors (Lipinski definition) is 5. The van der Waals surface area contributed by atoms with Crippen LogP contribution in [0.5, 0.6) is 5.75 Å². The van der Waals surface area contributed by atoms with Gasteiger partial charge in [0.15, 0.2) is 0 Å². The molecule has 1 saturated heterocycles. The number of hydrogen-bond donors (Lipinski definition) is 1. The summed E-state index contributed by atoms with van der Waals surface area (Å²) in [6.45, 7) is 7.29. The number of carbonyl (C=O) groups is 2. The van der Waals surface area contributed by atoms with Gasteiger partial charge < -0.3 is 19.3 Å². The van der Waals surface area contributed by atoms with E-state index in [1.54, 1.807) is 23.5 Å². The third-order valence-corrected chi connectivity index (χ3v) is 7.00. The van der Waals surface area contributed by atoms with Gasteiger partial charge in [-0.2, -0.15) is 0 Å². The van der Waals surface area contributed by atoms with Crippen molar-refractivity contribution in [3.8, 4) is 5.75 Å². The fourth-order valence-electron chi connectivity index (χ4n) is 5.09. The zero-order valence-electron chi connectivity index (χ0n) is 20.8. The molecule has 1 amide bonds. The lowest BCUT2D eigenvalue weighted by Gasteiger charge is -2.26. The van der Waals surface area contributed by atoms with E-state index in [-0.39, 0.29) is 17.4 Å². The Morgan fingerprint density at radius 1 is 1.14 bits per heavy atom. The van der Waals surface area contributed by atoms with Crippen LogP contribution in [-0.2, 0) is 22.6 Å². The zero-order chi connectivity index (χ0) is 25.4. The minimum atomic E-state index is -0.655. The number of carbonyl (C=O) groups excluding carboxylic acids is 2. The number of aliphatic hydroxyl groups is 1. The molecule has 7 heteroatoms. The topological polar surface area (TPSA) is 84.7 Å². The van der Waals surface area contributed by atoms with Crippen molar-refractivity contribution < 1.29 is 19.4 Å². The molecule has 2 aromatic carbocycles. The first kappa shape index (κ1) is 23.9. The van der Waals surface area contributed by atoms with Crippen LogP contribution in [0.3, 0.4) is 0 Å². The van der Waals surface area contributed by atoms with Gasteiger partial charge in [-0.3, -0.25) is 9.59 Å². The predicted octanol–water partition coefficient (Wildman–Crippen LogP) is 4.84. The summed E-state index contributed by atoms with van der Waals surface area (Å²) in [7, 11) is 0. The summed E-state index contributed by atoms with van der Waals surface area (Å²) in [5.41, 5.74) is 3.61. The number of nitrogens with zero attached hydrogens (tertiary/aromatic N) is 3. The van der Waals surface area contributed by atoms with E-state index in [4.69, 9.17) is 4.74 Å². The highest BCUT2D eigenvalue weighted by molar-refractivity contribution is 6.46. The van der Waals surface area contributed by atoms with Gasteiger partial charge >= 0.3 is 0 Å². The molecule has 2 unspecified atom stereocenters. The highest BCUT2D eigenvalue weighted by atomic mass is 16.5. The number of benzene rings is 2. The van der Waals surface area contributed by atoms with E-state index < -0.39 is 17.7 Å². The number of amides is 1. The van der Waals surface area contributed by atoms with Crippen LogP contribution >= 0.6 is 0 Å². The molecule has 1 fully saturated rings. The molecule has 2 atom stereocenters. The molecule has 36 heavy (non-hydrogen) atoms. The highest BCUT2D eigenvalue weighted by Crippen LogP contribution is 2.41. The molecule has 2 aliphatic heterocycles. The smallest absolute Gasteiger partial charge is 0.295 e. The fraction of sp³-hybridized carbons (Fsp3) is 0.345. The van der Waals surface area contributed by atoms with Gasteiger partial charge in [0.1, 0.15) is 17.6 Å². The van der Waals surface area contributed by atoms with Crippen LogP contribution in [0.2, 0.25) is 0 Å². The third kappa shape index (κ3) is 4.41. The summed E-state index contributed by atoms with van der Waals surface area (Å²) >= 11 is 0. The van der Waals surface area contributed by atoms with Gasteiger partial charge in [-0.05, 0) is 54.2 Å². The lowest BCUT2D eigenvalue weighted by molar-refractivity contribution is -0.139. The van der Waals surface area contributed by atoms with Gasteiger partial charge in [0.2, 0.25) is 0 Å². The Balaban J connectivity index is 1.53. The van der Waals surface area contributed by atoms with Crippen LogP contribution < -0.4 is 4.74 Å². The summed E-state index contributed by atoms with van der Waals surface area (Å²) in [5.74, 6) is -0.237. The minimum absolute atomic E-state index is 0.0675. The first-order chi connectivity index (χ1) is 17.3. The Morgan fingerprint density at radius 2 is 1.92 bits per heavy atom. The van der Waals surface area contributed by atoms with E-state index in [0.29, 0.717) is 31.0 Å². The van der Waals surface area contributed by atoms with E-state index >= 15 is 0 Å². The number of rotatable bonds is 7. The zero-order valence-corrected chi connectivity index (χ0v) is 20.8. The molecule has 3 heterocycles. The van der Waals surface area contributed by atoms with Gasteiger partial charge in [0.25, 0.3) is 11.7 Å². The number of imidazole rings is 1. The fourth-order valence-corrected chi connectivity index (χ4v) is 5.09. The number of aliphatic hydroxyl groups excluding tert-OH is 1. The van der Waals surface area contributed by atoms with Crippen molar-refractivity contribution in [2.24, 2.45) is 0 Å². The molecule has 1 N–H and O–H groups in total. The molecule has 3 aromatic rings. The van der Waals surface area contributed by atoms with Crippen molar-refractivity contribution in [1.82, 2.24) is 14.5 Å². The van der Waals surface area contributed by atoms with Crippen LogP contribution in [0.15, 0.2) is 66.8 Å². The summed E-state index contributed by atoms with van der Waals surface area (Å²) in [5, 5.41) is 11.4. The van der Waals surface area contributed by atoms with Crippen LogP contribution in [0, 0.1) is 0 Å². The Hall–Kier alpha value is -3.87. The SMILES string of the molecule is CC1Cc2cc(C(O)=C3C(=O)C(=O)N(CCCn4ccnc4)C3c3ccc(C(C)C)cc3)ccc2O1. The molecule has 2 aliphatic rings. The van der Waals surface area contributed by atoms with Gasteiger partial charge in [0, 0.05) is 37.5 Å². The quantitative estimate of drug-likeness (QED) is 0.294. The Bertz CT molecular complexity index is 1310. The largest absolute Gasteiger partial charge is 0.507 e. The third-order valence-electron chi connectivity index (χ3n) is 7.00. The van der Waals surface area contributed by atoms with Crippen LogP contribution in [0.25, 0.3) is 5.76 Å². The maximum atomic E-state index is 13.3. The van der Waals surface area contributed by atoms with E-state index in [9.17, 15) is 14.7 Å². The molecule has 7 nitrogen and oxygen atoms in total. The molecule has 0 spiro atoms. The standard InChI is InChI=1S/C29H31N3O4/c1-18(2)20-5-7-21(8-6-20)26-25(27(33)22-9-10-24-23(16-22)15-19(3)36-24)28(34)29(35)32(26)13-4-12-31-14-11-30-17-31/h5-11,14,16-19,26,33H,4,12-13,15H2,1-3H3. The maximum absolute atomic E-state index is 13.3. The van der Waals surface area contributed by atoms with E-state index in [1.807, 2.05) is 54.1 Å². The second-order valence-electron chi connectivity index (χ2n) is 9.92. The van der Waals surface area contributed by atoms with Crippen molar-refractivity contribution >= 4 is 17.4 Å². The van der Waals surface area contributed by atoms with Crippen LogP contribution in [0.4, 0.5) is 0 Å². The van der Waals surface area contributed by atoms with Crippen molar-refractivity contribution in [3.05, 3.63) is 89.0 Å². The summed E-state index contributed by atoms with van der Waals surface area (Å²) < 4.78 is 7.73. The van der Waals surface area contributed by atoms with Gasteiger partial charge in [-0.25, -0.2) is 4.98 Å².